The summed E-state index contributed by atoms with van der Waals surface area (Å²) in [7, 11) is 0. The first-order valence-electron chi connectivity index (χ1n) is 7.29. The standard InChI is InChI=1S/C20H9N5/c21-9-15(10-22)13-5-7-14(8-6-13)17(11-23)20-16-3-1-2-4-18(16)25-19(20)12-24/h1-8,25H. The molecule has 3 rings (SSSR count). The van der Waals surface area contributed by atoms with E-state index < -0.39 is 0 Å². The van der Waals surface area contributed by atoms with Crippen molar-refractivity contribution < 1.29 is 0 Å². The normalized spacial score (nSPS) is 9.44. The zero-order chi connectivity index (χ0) is 17.8. The fourth-order valence-corrected chi connectivity index (χ4v) is 2.71. The van der Waals surface area contributed by atoms with Crippen LogP contribution in [0.4, 0.5) is 0 Å². The number of nitrogens with zero attached hydrogens (tertiary/aromatic N) is 4. The lowest BCUT2D eigenvalue weighted by molar-refractivity contribution is 1.35. The lowest BCUT2D eigenvalue weighted by atomic mass is 10.00. The molecule has 0 unspecified atom stereocenters. The second kappa shape index (κ2) is 6.43. The van der Waals surface area contributed by atoms with E-state index in [1.165, 1.54) is 0 Å². The van der Waals surface area contributed by atoms with Gasteiger partial charge in [-0.1, -0.05) is 42.5 Å². The Morgan fingerprint density at radius 2 is 1.40 bits per heavy atom. The molecule has 3 aromatic rings. The van der Waals surface area contributed by atoms with E-state index in [-0.39, 0.29) is 5.57 Å². The Kier molecular flexibility index (Phi) is 4.00. The molecule has 114 valence electrons. The van der Waals surface area contributed by atoms with Crippen molar-refractivity contribution in [2.24, 2.45) is 0 Å². The minimum atomic E-state index is 0.00913. The predicted molar refractivity (Wildman–Crippen MR) is 91.5 cm³/mol. The molecule has 0 bridgehead atoms. The molecule has 0 atom stereocenters. The molecule has 0 saturated heterocycles. The van der Waals surface area contributed by atoms with Crippen LogP contribution >= 0.6 is 0 Å². The molecule has 1 heterocycles. The number of nitriles is 4. The van der Waals surface area contributed by atoms with E-state index in [0.717, 1.165) is 10.9 Å². The number of fused-ring (bicyclic) bond motifs is 1. The Labute approximate surface area is 143 Å². The van der Waals surface area contributed by atoms with Crippen LogP contribution in [0.25, 0.3) is 22.0 Å². The SMILES string of the molecule is N#CC(C#N)=c1ccc(=C(C#N)c2c(C#N)[nH]c3ccccc23)cc1. The van der Waals surface area contributed by atoms with Gasteiger partial charge in [0.25, 0.3) is 0 Å². The van der Waals surface area contributed by atoms with Gasteiger partial charge in [0.15, 0.2) is 0 Å². The maximum atomic E-state index is 9.68. The van der Waals surface area contributed by atoms with Gasteiger partial charge in [-0.2, -0.15) is 21.0 Å². The third-order valence-corrected chi connectivity index (χ3v) is 3.87. The van der Waals surface area contributed by atoms with E-state index in [1.54, 1.807) is 24.3 Å². The third kappa shape index (κ3) is 2.60. The van der Waals surface area contributed by atoms with Crippen molar-refractivity contribution in [2.45, 2.75) is 0 Å². The summed E-state index contributed by atoms with van der Waals surface area (Å²) in [4.78, 5) is 3.02. The highest BCUT2D eigenvalue weighted by atomic mass is 14.7. The minimum absolute atomic E-state index is 0.00913. The highest BCUT2D eigenvalue weighted by Gasteiger charge is 2.15. The maximum Gasteiger partial charge on any atom is 0.136 e. The predicted octanol–water partition coefficient (Wildman–Crippen LogP) is 1.96. The summed E-state index contributed by atoms with van der Waals surface area (Å²) >= 11 is 0. The number of benzene rings is 2. The Balaban J connectivity index is 2.38. The number of nitrogens with one attached hydrogen (secondary N) is 1. The average molecular weight is 319 g/mol. The molecule has 0 radical (unpaired) electrons. The van der Waals surface area contributed by atoms with Gasteiger partial charge in [0.05, 0.1) is 5.57 Å². The van der Waals surface area contributed by atoms with Crippen LogP contribution in [0, 0.1) is 45.3 Å². The van der Waals surface area contributed by atoms with Crippen LogP contribution in [-0.4, -0.2) is 4.98 Å². The molecule has 0 aliphatic rings. The molecular formula is C20H9N5. The van der Waals surface area contributed by atoms with Crippen molar-refractivity contribution in [1.29, 1.82) is 21.0 Å². The molecule has 2 aromatic carbocycles. The fraction of sp³-hybridized carbons (Fsp3) is 0. The molecule has 5 nitrogen and oxygen atoms in total. The Hall–Kier alpha value is -4.32. The van der Waals surface area contributed by atoms with E-state index in [9.17, 15) is 10.5 Å². The van der Waals surface area contributed by atoms with Crippen molar-refractivity contribution in [3.05, 3.63) is 70.2 Å². The molecule has 0 fully saturated rings. The van der Waals surface area contributed by atoms with E-state index in [2.05, 4.69) is 17.1 Å². The summed E-state index contributed by atoms with van der Waals surface area (Å²) in [6, 6.07) is 21.9. The number of rotatable bonds is 1. The van der Waals surface area contributed by atoms with Gasteiger partial charge >= 0.3 is 0 Å². The minimum Gasteiger partial charge on any atom is -0.346 e. The van der Waals surface area contributed by atoms with Gasteiger partial charge < -0.3 is 4.98 Å². The Bertz CT molecular complexity index is 1240. The first-order chi connectivity index (χ1) is 12.2. The average Bonchev–Trinajstić information content (AvgIpc) is 3.03. The molecular weight excluding hydrogens is 310 g/mol. The van der Waals surface area contributed by atoms with Crippen LogP contribution < -0.4 is 10.4 Å². The highest BCUT2D eigenvalue weighted by molar-refractivity contribution is 5.98. The van der Waals surface area contributed by atoms with E-state index in [4.69, 9.17) is 10.5 Å². The van der Waals surface area contributed by atoms with Gasteiger partial charge in [0.2, 0.25) is 0 Å². The van der Waals surface area contributed by atoms with Crippen molar-refractivity contribution in [3.63, 3.8) is 0 Å². The van der Waals surface area contributed by atoms with Crippen LogP contribution in [0.15, 0.2) is 48.5 Å². The molecule has 0 spiro atoms. The number of aromatic amines is 1. The number of hydrogen-bond donors (Lipinski definition) is 1. The number of H-pyrrole nitrogens is 1. The van der Waals surface area contributed by atoms with E-state index >= 15 is 0 Å². The summed E-state index contributed by atoms with van der Waals surface area (Å²) in [6.07, 6.45) is 0. The smallest absolute Gasteiger partial charge is 0.136 e. The summed E-state index contributed by atoms with van der Waals surface area (Å²) < 4.78 is 0. The Morgan fingerprint density at radius 3 is 2.00 bits per heavy atom. The second-order valence-electron chi connectivity index (χ2n) is 5.20. The van der Waals surface area contributed by atoms with Gasteiger partial charge in [-0.15, -0.1) is 0 Å². The van der Waals surface area contributed by atoms with Gasteiger partial charge in [0.1, 0.15) is 35.5 Å². The lowest BCUT2D eigenvalue weighted by Crippen LogP contribution is -2.12. The number of hydrogen-bond acceptors (Lipinski definition) is 4. The monoisotopic (exact) mass is 319 g/mol. The van der Waals surface area contributed by atoms with Crippen molar-refractivity contribution in [3.8, 4) is 24.3 Å². The molecule has 5 heteroatoms. The lowest BCUT2D eigenvalue weighted by Gasteiger charge is -1.99. The zero-order valence-electron chi connectivity index (χ0n) is 12.9. The summed E-state index contributed by atoms with van der Waals surface area (Å²) in [6.45, 7) is 0. The second-order valence-corrected chi connectivity index (χ2v) is 5.20. The third-order valence-electron chi connectivity index (χ3n) is 3.87. The first-order valence-corrected chi connectivity index (χ1v) is 7.29. The molecule has 25 heavy (non-hydrogen) atoms. The van der Waals surface area contributed by atoms with Gasteiger partial charge in [-0.3, -0.25) is 0 Å². The van der Waals surface area contributed by atoms with Gasteiger partial charge in [0, 0.05) is 21.7 Å². The van der Waals surface area contributed by atoms with Gasteiger partial charge in [-0.05, 0) is 11.3 Å². The fourth-order valence-electron chi connectivity index (χ4n) is 2.71. The molecule has 1 aromatic heterocycles. The van der Waals surface area contributed by atoms with Crippen LogP contribution in [0.1, 0.15) is 11.3 Å². The molecule has 0 saturated carbocycles. The van der Waals surface area contributed by atoms with Crippen molar-refractivity contribution in [2.75, 3.05) is 0 Å². The van der Waals surface area contributed by atoms with Crippen molar-refractivity contribution >= 4 is 22.0 Å². The first kappa shape index (κ1) is 15.6. The number of para-hydroxylation sites is 1. The Morgan fingerprint density at radius 1 is 0.760 bits per heavy atom. The molecule has 0 aliphatic heterocycles. The summed E-state index contributed by atoms with van der Waals surface area (Å²) in [5.41, 5.74) is 2.02. The summed E-state index contributed by atoms with van der Waals surface area (Å²) in [5.74, 6) is 0. The molecule has 0 aliphatic carbocycles. The van der Waals surface area contributed by atoms with E-state index in [1.807, 2.05) is 36.4 Å². The largest absolute Gasteiger partial charge is 0.346 e. The van der Waals surface area contributed by atoms with Crippen molar-refractivity contribution in [1.82, 2.24) is 4.98 Å². The van der Waals surface area contributed by atoms with Gasteiger partial charge in [-0.25, -0.2) is 0 Å². The van der Waals surface area contributed by atoms with Crippen LogP contribution in [-0.2, 0) is 0 Å². The molecule has 1 N–H and O–H groups in total. The van der Waals surface area contributed by atoms with Crippen LogP contribution in [0.2, 0.25) is 0 Å². The topological polar surface area (TPSA) is 111 Å². The zero-order valence-corrected chi connectivity index (χ0v) is 12.9. The highest BCUT2D eigenvalue weighted by Crippen LogP contribution is 2.26. The summed E-state index contributed by atoms with van der Waals surface area (Å²) in [5, 5.41) is 38.9. The number of aromatic nitrogens is 1. The van der Waals surface area contributed by atoms with E-state index in [0.29, 0.717) is 27.3 Å². The maximum absolute atomic E-state index is 9.68. The quantitative estimate of drug-likeness (QED) is 0.739. The molecule has 0 amide bonds. The van der Waals surface area contributed by atoms with Crippen LogP contribution in [0.3, 0.4) is 0 Å². The van der Waals surface area contributed by atoms with Crippen LogP contribution in [0.5, 0.6) is 0 Å².